The van der Waals surface area contributed by atoms with Crippen molar-refractivity contribution in [1.82, 2.24) is 29.9 Å². The number of primary amides is 1. The highest BCUT2D eigenvalue weighted by Crippen LogP contribution is 2.38. The van der Waals surface area contributed by atoms with Gasteiger partial charge in [0.15, 0.2) is 17.3 Å². The van der Waals surface area contributed by atoms with Crippen LogP contribution in [-0.2, 0) is 40.7 Å². The Morgan fingerprint density at radius 2 is 0.750 bits per heavy atom. The monoisotopic (exact) mass is 1980 g/mol. The van der Waals surface area contributed by atoms with Crippen LogP contribution in [0.5, 0.6) is 46.0 Å². The first-order valence-corrected chi connectivity index (χ1v) is 43.9. The summed E-state index contributed by atoms with van der Waals surface area (Å²) in [6.45, 7) is 21.1. The fourth-order valence-corrected chi connectivity index (χ4v) is 16.8. The Morgan fingerprint density at radius 3 is 1.08 bits per heavy atom. The highest BCUT2D eigenvalue weighted by molar-refractivity contribution is 9.11. The third-order valence-corrected chi connectivity index (χ3v) is 23.7. The number of ether oxygens (including phenoxy) is 8. The third kappa shape index (κ3) is 32.4. The molecule has 644 valence electrons. The standard InChI is InChI=1S/C19H16F2N2O3S.C12H12BrNOS.C12H10N2OS.C12H13NOS.C11H10BrNOS.C11H11NOS.C9H9BrO2.3CO2/c1-10-18(11-3-5-12(25-2)6-4-11)23-15(27-10)9-26-14-8-7-13(20)16(17(14)21)19(22)24;1-8-12(14-11(7-13)16-8)9-3-5-10(15-2)6-4-9;1-8-14-11(12(13-2)16-8)9-4-6-10(15-3)7-5-9;1-8-12(13-9(2)15-8)10-4-6-11(14-3)7-5-10;1-7-13-10(11(12)15-7)8-3-5-9(14-2)6-4-8;1-8-12-11(7-14-8)9-3-5-10(13-2)6-4-9;1-12-8-4-2-7(3-5-8)9(11)6-10;3*2-1-3/h3-8H,9H2,1-2H3,(H2,22,24);3-6H,7H2,1-2H3;4-7H,1,3H3;4-7H,1-3H3;3-6H,1-2H3;3-7H,1-2H3;2-5H,6H2,1H3;;;. The van der Waals surface area contributed by atoms with E-state index >= 15 is 0 Å². The smallest absolute Gasteiger partial charge is 0.373 e. The summed E-state index contributed by atoms with van der Waals surface area (Å²) in [6.07, 6.45) is 0.750. The molecule has 0 aliphatic heterocycles. The van der Waals surface area contributed by atoms with Gasteiger partial charge in [-0.05, 0) is 240 Å². The number of Topliss-reactive ketones (excluding diaryl/α,β-unsaturated/α-hetero) is 1. The van der Waals surface area contributed by atoms with Gasteiger partial charge in [0.25, 0.3) is 10.9 Å². The first kappa shape index (κ1) is 103. The molecule has 124 heavy (non-hydrogen) atoms. The number of aryl methyl sites for hydroxylation is 7. The minimum atomic E-state index is -1.19. The van der Waals surface area contributed by atoms with Crippen LogP contribution in [0.15, 0.2) is 191 Å². The number of halogens is 5. The molecule has 1 amide bonds. The van der Waals surface area contributed by atoms with Gasteiger partial charge in [0.05, 0.1) is 125 Å². The first-order chi connectivity index (χ1) is 59.6. The number of ketones is 1. The molecule has 0 spiro atoms. The molecular weight excluding hydrogens is 1910 g/mol. The molecule has 6 heterocycles. The van der Waals surface area contributed by atoms with Crippen LogP contribution in [0.1, 0.15) is 65.4 Å². The number of carbonyl (C=O) groups excluding carboxylic acids is 8. The molecule has 0 aliphatic carbocycles. The van der Waals surface area contributed by atoms with E-state index in [0.717, 1.165) is 159 Å². The summed E-state index contributed by atoms with van der Waals surface area (Å²) in [5, 5.41) is 9.79. The number of nitrogens with zero attached hydrogens (tertiary/aromatic N) is 7. The van der Waals surface area contributed by atoms with Crippen LogP contribution in [-0.4, -0.2) is 115 Å². The Hall–Kier alpha value is -12.0. The van der Waals surface area contributed by atoms with Crippen LogP contribution in [0.25, 0.3) is 72.4 Å². The summed E-state index contributed by atoms with van der Waals surface area (Å²) in [5.74, 6) is 2.28. The van der Waals surface area contributed by atoms with Gasteiger partial charge in [-0.15, -0.1) is 68.0 Å². The Balaban J connectivity index is 0.000000256. The number of rotatable bonds is 20. The minimum Gasteiger partial charge on any atom is -0.497 e. The van der Waals surface area contributed by atoms with Gasteiger partial charge in [-0.2, -0.15) is 28.8 Å². The SMILES string of the molecule is COc1ccc(-c2csc(C)n2)cc1.COc1ccc(-c2nc(C)sc2Br)cc1.COc1ccc(-c2nc(C)sc2C)cc1.COc1ccc(-c2nc(CBr)sc2C)cc1.COc1ccc(-c2nc(COc3ccc(F)c(C(N)=O)c3F)sc2C)cc1.COc1ccc(C(=O)CBr)cc1.O=C=O.O=C=O.O=C=O.[C-]#[N+]c1sc(C)nc1-c1ccc(OC)cc1. The minimum absolute atomic E-state index is 0.0254. The third-order valence-electron chi connectivity index (χ3n) is 16.2. The number of methoxy groups -OCH3 is 7. The Morgan fingerprint density at radius 1 is 0.419 bits per heavy atom. The van der Waals surface area contributed by atoms with Gasteiger partial charge in [-0.1, -0.05) is 44.0 Å². The zero-order valence-electron chi connectivity index (χ0n) is 69.1. The highest BCUT2D eigenvalue weighted by atomic mass is 79.9. The molecular formula is C89H81Br3F2N8O16S6. The van der Waals surface area contributed by atoms with Crippen LogP contribution >= 0.6 is 116 Å². The van der Waals surface area contributed by atoms with Crippen molar-refractivity contribution >= 4 is 151 Å². The van der Waals surface area contributed by atoms with E-state index in [2.05, 4.69) is 102 Å². The molecule has 0 saturated carbocycles. The molecule has 6 aromatic heterocycles. The van der Waals surface area contributed by atoms with Gasteiger partial charge in [0.1, 0.15) is 68.2 Å². The second kappa shape index (κ2) is 54.5. The summed E-state index contributed by atoms with van der Waals surface area (Å²) >= 11 is 19.7. The van der Waals surface area contributed by atoms with Gasteiger partial charge in [0.2, 0.25) is 0 Å². The van der Waals surface area contributed by atoms with E-state index in [1.165, 1.54) is 32.4 Å². The molecule has 8 aromatic carbocycles. The molecule has 0 atom stereocenters. The van der Waals surface area contributed by atoms with Crippen molar-refractivity contribution in [3.05, 3.63) is 270 Å². The molecule has 0 bridgehead atoms. The Labute approximate surface area is 764 Å². The molecule has 14 aromatic rings. The van der Waals surface area contributed by atoms with Crippen molar-refractivity contribution < 1.29 is 85.0 Å². The number of nitrogens with two attached hydrogens (primary N) is 1. The van der Waals surface area contributed by atoms with Gasteiger partial charge < -0.3 is 43.6 Å². The van der Waals surface area contributed by atoms with Crippen molar-refractivity contribution in [3.63, 3.8) is 0 Å². The van der Waals surface area contributed by atoms with Crippen LogP contribution in [0.3, 0.4) is 0 Å². The van der Waals surface area contributed by atoms with E-state index in [9.17, 15) is 18.4 Å². The van der Waals surface area contributed by atoms with Crippen molar-refractivity contribution in [3.8, 4) is 114 Å². The van der Waals surface area contributed by atoms with E-state index in [1.54, 1.807) is 119 Å². The van der Waals surface area contributed by atoms with Crippen molar-refractivity contribution in [2.45, 2.75) is 60.4 Å². The van der Waals surface area contributed by atoms with Crippen molar-refractivity contribution in [2.75, 3.05) is 55.1 Å². The number of alkyl halides is 2. The molecule has 24 nitrogen and oxygen atoms in total. The predicted octanol–water partition coefficient (Wildman–Crippen LogP) is 22.8. The average molecular weight is 1990 g/mol. The lowest BCUT2D eigenvalue weighted by Crippen LogP contribution is -2.16. The van der Waals surface area contributed by atoms with E-state index in [0.29, 0.717) is 20.9 Å². The molecule has 14 rings (SSSR count). The number of aromatic nitrogens is 6. The lowest BCUT2D eigenvalue weighted by Gasteiger charge is -2.08. The van der Waals surface area contributed by atoms with E-state index in [4.69, 9.17) is 79.0 Å². The number of carbonyl (C=O) groups is 2. The number of hydrogen-bond acceptors (Lipinski definition) is 28. The van der Waals surface area contributed by atoms with Crippen LogP contribution in [0.4, 0.5) is 13.8 Å². The summed E-state index contributed by atoms with van der Waals surface area (Å²) in [5.41, 5.74) is 17.0. The molecule has 0 saturated heterocycles. The molecule has 0 fully saturated rings. The topological polar surface area (TPSA) is 318 Å². The fourth-order valence-electron chi connectivity index (χ4n) is 10.5. The zero-order valence-corrected chi connectivity index (χ0v) is 78.8. The number of hydrogen-bond donors (Lipinski definition) is 1. The maximum atomic E-state index is 14.2. The van der Waals surface area contributed by atoms with Crippen LogP contribution in [0, 0.1) is 66.7 Å². The van der Waals surface area contributed by atoms with E-state index in [-0.39, 0.29) is 36.6 Å². The Kier molecular flexibility index (Phi) is 45.1. The number of thiazole rings is 6. The quantitative estimate of drug-likeness (QED) is 0.0421. The zero-order chi connectivity index (χ0) is 91.4. The predicted molar refractivity (Wildman–Crippen MR) is 490 cm³/mol. The first-order valence-electron chi connectivity index (χ1n) is 35.9. The molecule has 0 unspecified atom stereocenters. The maximum Gasteiger partial charge on any atom is 0.373 e. The summed E-state index contributed by atoms with van der Waals surface area (Å²) in [6, 6.07) is 56.0. The molecule has 35 heteroatoms. The Bertz CT molecular complexity index is 5710. The number of benzene rings is 8. The molecule has 2 N–H and O–H groups in total. The van der Waals surface area contributed by atoms with Gasteiger partial charge in [-0.25, -0.2) is 38.5 Å². The van der Waals surface area contributed by atoms with Crippen molar-refractivity contribution in [1.29, 1.82) is 0 Å². The maximum absolute atomic E-state index is 14.2. The average Bonchev–Trinajstić information content (AvgIpc) is 1.68. The summed E-state index contributed by atoms with van der Waals surface area (Å²) < 4.78 is 69.9. The lowest BCUT2D eigenvalue weighted by atomic mass is 10.1. The molecule has 0 aliphatic rings. The molecule has 0 radical (unpaired) electrons. The second-order valence-electron chi connectivity index (χ2n) is 24.2. The lowest BCUT2D eigenvalue weighted by molar-refractivity contribution is -0.193. The normalized spacial score (nSPS) is 9.69. The van der Waals surface area contributed by atoms with Gasteiger partial charge in [-0.3, -0.25) is 14.6 Å². The van der Waals surface area contributed by atoms with Crippen molar-refractivity contribution in [2.24, 2.45) is 5.73 Å². The second-order valence-corrected chi connectivity index (χ2v) is 34.1. The van der Waals surface area contributed by atoms with E-state index < -0.39 is 23.1 Å². The summed E-state index contributed by atoms with van der Waals surface area (Å²) in [7, 11) is 11.5. The van der Waals surface area contributed by atoms with Crippen LogP contribution < -0.4 is 43.6 Å². The van der Waals surface area contributed by atoms with E-state index in [1.807, 2.05) is 180 Å². The van der Waals surface area contributed by atoms with Gasteiger partial charge in [0, 0.05) is 53.4 Å². The highest BCUT2D eigenvalue weighted by Gasteiger charge is 2.21. The number of amides is 1. The fraction of sp³-hybridized carbons (Fsp3) is 0.191. The largest absolute Gasteiger partial charge is 0.497 e. The van der Waals surface area contributed by atoms with Gasteiger partial charge >= 0.3 is 18.5 Å². The van der Waals surface area contributed by atoms with Crippen LogP contribution in [0.2, 0.25) is 0 Å². The summed E-state index contributed by atoms with van der Waals surface area (Å²) in [4.78, 5) is 105.